The van der Waals surface area contributed by atoms with E-state index in [0.29, 0.717) is 6.42 Å². The minimum absolute atomic E-state index is 0.0373. The molecule has 0 bridgehead atoms. The molecule has 6 heteroatoms. The van der Waals surface area contributed by atoms with Gasteiger partial charge in [0.05, 0.1) is 0 Å². The monoisotopic (exact) mass is 472 g/mol. The molecule has 1 aromatic rings. The Morgan fingerprint density at radius 3 is 1.83 bits per heavy atom. The second kappa shape index (κ2) is 14.1. The van der Waals surface area contributed by atoms with Crippen LogP contribution in [0.2, 0.25) is 4.47 Å². The van der Waals surface area contributed by atoms with Crippen LogP contribution in [0, 0.1) is 0 Å². The molecule has 0 amide bonds. The van der Waals surface area contributed by atoms with Gasteiger partial charge in [0.15, 0.2) is 0 Å². The van der Waals surface area contributed by atoms with Crippen molar-refractivity contribution in [3.05, 3.63) is 30.3 Å². The summed E-state index contributed by atoms with van der Waals surface area (Å²) in [6.07, 6.45) is 11.9. The van der Waals surface area contributed by atoms with Crippen LogP contribution in [0.25, 0.3) is 0 Å². The van der Waals surface area contributed by atoms with Crippen LogP contribution >= 0.6 is 0 Å². The van der Waals surface area contributed by atoms with Gasteiger partial charge >= 0.3 is 141 Å². The Morgan fingerprint density at radius 1 is 0.792 bits per heavy atom. The van der Waals surface area contributed by atoms with E-state index in [-0.39, 0.29) is 27.5 Å². The number of benzene rings is 1. The molecule has 0 saturated heterocycles. The molecule has 4 nitrogen and oxygen atoms in total. The predicted molar refractivity (Wildman–Crippen MR) is 100 cm³/mol. The molecule has 0 radical (unpaired) electrons. The topological polar surface area (TPSA) is 63.6 Å². The summed E-state index contributed by atoms with van der Waals surface area (Å²) in [7, 11) is -4.25. The van der Waals surface area contributed by atoms with E-state index in [1.807, 2.05) is 0 Å². The van der Waals surface area contributed by atoms with Gasteiger partial charge in [-0.1, -0.05) is 0 Å². The Bertz CT molecular complexity index is 505. The summed E-state index contributed by atoms with van der Waals surface area (Å²) in [6.45, 7) is 0.0882. The molecule has 0 aromatic heterocycles. The van der Waals surface area contributed by atoms with Gasteiger partial charge in [0.25, 0.3) is 0 Å². The fourth-order valence-electron chi connectivity index (χ4n) is 2.49. The van der Waals surface area contributed by atoms with Crippen molar-refractivity contribution >= 4 is 34.9 Å². The first kappa shape index (κ1) is 21.9. The third-order valence-corrected chi connectivity index (χ3v) is 7.38. The van der Waals surface area contributed by atoms with Crippen LogP contribution in [0.1, 0.15) is 64.2 Å². The SMILES string of the molecule is O=S(=O)(O)OCCCCCCCCCCCC[Te]c1ccccc1. The molecule has 1 aromatic carbocycles. The summed E-state index contributed by atoms with van der Waals surface area (Å²) in [5.74, 6) is 0. The molecule has 24 heavy (non-hydrogen) atoms. The molecule has 0 atom stereocenters. The Balaban J connectivity index is 1.76. The van der Waals surface area contributed by atoms with Crippen LogP contribution in [-0.4, -0.2) is 40.5 Å². The van der Waals surface area contributed by atoms with Crippen LogP contribution in [0.5, 0.6) is 0 Å². The van der Waals surface area contributed by atoms with Crippen molar-refractivity contribution in [1.82, 2.24) is 0 Å². The van der Waals surface area contributed by atoms with E-state index in [0.717, 1.165) is 12.8 Å². The molecule has 0 fully saturated rings. The maximum absolute atomic E-state index is 10.3. The van der Waals surface area contributed by atoms with Crippen molar-refractivity contribution in [2.75, 3.05) is 6.61 Å². The van der Waals surface area contributed by atoms with E-state index in [9.17, 15) is 8.42 Å². The average molecular weight is 470 g/mol. The zero-order chi connectivity index (χ0) is 17.5. The number of unbranched alkanes of at least 4 members (excludes halogenated alkanes) is 9. The first-order chi connectivity index (χ1) is 11.6. The molecule has 138 valence electrons. The van der Waals surface area contributed by atoms with Crippen LogP contribution in [0.3, 0.4) is 0 Å². The van der Waals surface area contributed by atoms with Crippen molar-refractivity contribution in [2.24, 2.45) is 0 Å². The molecular weight excluding hydrogens is 440 g/mol. The molecule has 0 heterocycles. The van der Waals surface area contributed by atoms with Crippen molar-refractivity contribution in [3.8, 4) is 0 Å². The summed E-state index contributed by atoms with van der Waals surface area (Å²) in [6, 6.07) is 10.9. The van der Waals surface area contributed by atoms with Crippen LogP contribution in [0.4, 0.5) is 0 Å². The zero-order valence-electron chi connectivity index (χ0n) is 14.4. The van der Waals surface area contributed by atoms with Gasteiger partial charge in [-0.15, -0.1) is 0 Å². The molecule has 1 rings (SSSR count). The Kier molecular flexibility index (Phi) is 12.9. The van der Waals surface area contributed by atoms with Gasteiger partial charge in [-0.25, -0.2) is 4.18 Å². The van der Waals surface area contributed by atoms with Crippen LogP contribution < -0.4 is 3.61 Å². The second-order valence-electron chi connectivity index (χ2n) is 5.95. The number of rotatable bonds is 15. The summed E-state index contributed by atoms with van der Waals surface area (Å²) < 4.78 is 36.4. The standard InChI is InChI=1S/C18H30O4STe/c19-23(20,21)22-16-12-7-5-3-1-2-4-6-8-13-17-24-18-14-10-9-11-15-18/h9-11,14-15H,1-8,12-13,16-17H2,(H,19,20,21). The van der Waals surface area contributed by atoms with Crippen molar-refractivity contribution < 1.29 is 17.2 Å². The molecule has 0 aliphatic carbocycles. The molecule has 0 aliphatic heterocycles. The first-order valence-electron chi connectivity index (χ1n) is 8.87. The summed E-state index contributed by atoms with van der Waals surface area (Å²) >= 11 is 0.0373. The Hall–Kier alpha value is -0.120. The maximum atomic E-state index is 10.3. The minimum atomic E-state index is -4.25. The van der Waals surface area contributed by atoms with E-state index in [2.05, 4.69) is 34.5 Å². The Morgan fingerprint density at radius 2 is 1.29 bits per heavy atom. The summed E-state index contributed by atoms with van der Waals surface area (Å²) in [5.41, 5.74) is 0. The van der Waals surface area contributed by atoms with Gasteiger partial charge < -0.3 is 0 Å². The van der Waals surface area contributed by atoms with Crippen molar-refractivity contribution in [1.29, 1.82) is 0 Å². The quantitative estimate of drug-likeness (QED) is 0.238. The van der Waals surface area contributed by atoms with E-state index >= 15 is 0 Å². The van der Waals surface area contributed by atoms with Gasteiger partial charge in [0.2, 0.25) is 0 Å². The first-order valence-corrected chi connectivity index (χ1v) is 13.1. The van der Waals surface area contributed by atoms with Gasteiger partial charge in [0, 0.05) is 0 Å². The molecule has 0 aliphatic rings. The number of hydrogen-bond donors (Lipinski definition) is 1. The molecule has 0 unspecified atom stereocenters. The normalized spacial score (nSPS) is 11.7. The van der Waals surface area contributed by atoms with Crippen LogP contribution in [-0.2, 0) is 14.6 Å². The van der Waals surface area contributed by atoms with E-state index in [4.69, 9.17) is 4.55 Å². The molecule has 1 N–H and O–H groups in total. The van der Waals surface area contributed by atoms with E-state index in [1.165, 1.54) is 49.4 Å². The molecule has 0 saturated carbocycles. The fraction of sp³-hybridized carbons (Fsp3) is 0.667. The predicted octanol–water partition coefficient (Wildman–Crippen LogP) is 4.15. The molecule has 0 spiro atoms. The third-order valence-electron chi connectivity index (χ3n) is 3.78. The van der Waals surface area contributed by atoms with E-state index in [1.54, 1.807) is 3.61 Å². The Labute approximate surface area is 157 Å². The second-order valence-corrected chi connectivity index (χ2v) is 10.4. The third kappa shape index (κ3) is 14.2. The van der Waals surface area contributed by atoms with Gasteiger partial charge in [-0.05, 0) is 0 Å². The fourth-order valence-corrected chi connectivity index (χ4v) is 5.48. The summed E-state index contributed by atoms with van der Waals surface area (Å²) in [5, 5.41) is 0. The van der Waals surface area contributed by atoms with Gasteiger partial charge in [-0.2, -0.15) is 8.42 Å². The van der Waals surface area contributed by atoms with E-state index < -0.39 is 10.4 Å². The number of hydrogen-bond acceptors (Lipinski definition) is 3. The zero-order valence-corrected chi connectivity index (χ0v) is 17.5. The van der Waals surface area contributed by atoms with Crippen LogP contribution in [0.15, 0.2) is 30.3 Å². The van der Waals surface area contributed by atoms with Crippen molar-refractivity contribution in [2.45, 2.75) is 68.7 Å². The van der Waals surface area contributed by atoms with Gasteiger partial charge in [-0.3, -0.25) is 4.55 Å². The van der Waals surface area contributed by atoms with Crippen molar-refractivity contribution in [3.63, 3.8) is 0 Å². The molecular formula is C18H30O4STe. The average Bonchev–Trinajstić information content (AvgIpc) is 2.55. The van der Waals surface area contributed by atoms with Gasteiger partial charge in [0.1, 0.15) is 0 Å². The summed E-state index contributed by atoms with van der Waals surface area (Å²) in [4.78, 5) is 0.